The van der Waals surface area contributed by atoms with Gasteiger partial charge in [0.1, 0.15) is 0 Å². The molecule has 1 N–H and O–H groups in total. The predicted molar refractivity (Wildman–Crippen MR) is 57.3 cm³/mol. The Labute approximate surface area is 89.6 Å². The van der Waals surface area contributed by atoms with Gasteiger partial charge in [-0.25, -0.2) is 0 Å². The molecule has 3 nitrogen and oxygen atoms in total. The maximum atomic E-state index is 9.99. The van der Waals surface area contributed by atoms with Gasteiger partial charge in [-0.05, 0) is 25.0 Å². The summed E-state index contributed by atoms with van der Waals surface area (Å²) in [4.78, 5) is 0. The third kappa shape index (κ3) is 1.67. The fourth-order valence-electron chi connectivity index (χ4n) is 1.64. The molecule has 0 unspecified atom stereocenters. The molecule has 0 spiro atoms. The summed E-state index contributed by atoms with van der Waals surface area (Å²) < 4.78 is 11.2. The minimum absolute atomic E-state index is 0.195. The molecule has 1 atom stereocenters. The van der Waals surface area contributed by atoms with E-state index in [0.717, 1.165) is 16.9 Å². The average Bonchev–Trinajstić information content (AvgIpc) is 2.24. The summed E-state index contributed by atoms with van der Waals surface area (Å²) in [6.45, 7) is 5.99. The van der Waals surface area contributed by atoms with Gasteiger partial charge in [0.25, 0.3) is 0 Å². The Bertz CT molecular complexity index is 387. The summed E-state index contributed by atoms with van der Waals surface area (Å²) >= 11 is 0. The predicted octanol–water partition coefficient (Wildman–Crippen LogP) is 2.17. The first-order chi connectivity index (χ1) is 7.06. The summed E-state index contributed by atoms with van der Waals surface area (Å²) in [6, 6.07) is 3.97. The SMILES string of the molecule is CC[C@@]1(O)COc2c(C)ccc(C)c2O1. The van der Waals surface area contributed by atoms with Crippen molar-refractivity contribution in [3.8, 4) is 11.5 Å². The first-order valence-electron chi connectivity index (χ1n) is 5.20. The van der Waals surface area contributed by atoms with Crippen LogP contribution < -0.4 is 9.47 Å². The molecule has 1 heterocycles. The Morgan fingerprint density at radius 3 is 2.47 bits per heavy atom. The van der Waals surface area contributed by atoms with Crippen molar-refractivity contribution in [1.82, 2.24) is 0 Å². The molecule has 1 aliphatic rings. The van der Waals surface area contributed by atoms with E-state index in [1.54, 1.807) is 0 Å². The van der Waals surface area contributed by atoms with Gasteiger partial charge in [0.2, 0.25) is 5.79 Å². The topological polar surface area (TPSA) is 38.7 Å². The van der Waals surface area contributed by atoms with E-state index in [2.05, 4.69) is 0 Å². The third-order valence-corrected chi connectivity index (χ3v) is 2.79. The van der Waals surface area contributed by atoms with Crippen molar-refractivity contribution >= 4 is 0 Å². The lowest BCUT2D eigenvalue weighted by atomic mass is 10.1. The molecule has 0 aromatic heterocycles. The van der Waals surface area contributed by atoms with Crippen molar-refractivity contribution < 1.29 is 14.6 Å². The summed E-state index contributed by atoms with van der Waals surface area (Å²) in [6.07, 6.45) is 0.514. The fraction of sp³-hybridized carbons (Fsp3) is 0.500. The van der Waals surface area contributed by atoms with Crippen LogP contribution >= 0.6 is 0 Å². The van der Waals surface area contributed by atoms with Crippen LogP contribution in [0.25, 0.3) is 0 Å². The van der Waals surface area contributed by atoms with Gasteiger partial charge in [-0.2, -0.15) is 0 Å². The Hall–Kier alpha value is -1.22. The van der Waals surface area contributed by atoms with E-state index < -0.39 is 5.79 Å². The average molecular weight is 208 g/mol. The molecule has 15 heavy (non-hydrogen) atoms. The minimum atomic E-state index is -1.18. The molecule has 0 aliphatic carbocycles. The molecule has 0 radical (unpaired) electrons. The monoisotopic (exact) mass is 208 g/mol. The van der Waals surface area contributed by atoms with Crippen molar-refractivity contribution in [1.29, 1.82) is 0 Å². The summed E-state index contributed by atoms with van der Waals surface area (Å²) in [5.74, 6) is 0.254. The van der Waals surface area contributed by atoms with Crippen LogP contribution in [0.5, 0.6) is 11.5 Å². The quantitative estimate of drug-likeness (QED) is 0.768. The molecule has 0 fully saturated rings. The zero-order chi connectivity index (χ0) is 11.1. The number of aliphatic hydroxyl groups is 1. The highest BCUT2D eigenvalue weighted by Crippen LogP contribution is 2.40. The number of hydrogen-bond donors (Lipinski definition) is 1. The highest BCUT2D eigenvalue weighted by molar-refractivity contribution is 5.52. The largest absolute Gasteiger partial charge is 0.483 e. The molecule has 0 saturated heterocycles. The standard InChI is InChI=1S/C12H16O3/c1-4-12(13)7-14-10-8(2)5-6-9(3)11(10)15-12/h5-6,13H,4,7H2,1-3H3/t12-/m0/s1. The van der Waals surface area contributed by atoms with E-state index in [1.165, 1.54) is 0 Å². The number of fused-ring (bicyclic) bond motifs is 1. The zero-order valence-corrected chi connectivity index (χ0v) is 9.33. The molecule has 0 amide bonds. The molecule has 1 aliphatic heterocycles. The van der Waals surface area contributed by atoms with E-state index in [0.29, 0.717) is 12.2 Å². The molecule has 0 saturated carbocycles. The van der Waals surface area contributed by atoms with Crippen LogP contribution in [0, 0.1) is 13.8 Å². The van der Waals surface area contributed by atoms with Gasteiger partial charge in [-0.1, -0.05) is 19.1 Å². The normalized spacial score (nSPS) is 24.0. The Balaban J connectivity index is 2.45. The second kappa shape index (κ2) is 3.42. The van der Waals surface area contributed by atoms with Crippen molar-refractivity contribution in [3.05, 3.63) is 23.3 Å². The smallest absolute Gasteiger partial charge is 0.242 e. The van der Waals surface area contributed by atoms with Crippen molar-refractivity contribution in [2.45, 2.75) is 33.0 Å². The Kier molecular flexibility index (Phi) is 2.35. The maximum Gasteiger partial charge on any atom is 0.242 e. The van der Waals surface area contributed by atoms with E-state index in [9.17, 15) is 5.11 Å². The van der Waals surface area contributed by atoms with Crippen LogP contribution in [0.4, 0.5) is 0 Å². The molecular weight excluding hydrogens is 192 g/mol. The van der Waals surface area contributed by atoms with Crippen LogP contribution in [0.1, 0.15) is 24.5 Å². The Morgan fingerprint density at radius 1 is 1.27 bits per heavy atom. The third-order valence-electron chi connectivity index (χ3n) is 2.79. The summed E-state index contributed by atoms with van der Waals surface area (Å²) in [7, 11) is 0. The molecule has 82 valence electrons. The van der Waals surface area contributed by atoms with Crippen molar-refractivity contribution in [2.24, 2.45) is 0 Å². The van der Waals surface area contributed by atoms with E-state index in [4.69, 9.17) is 9.47 Å². The van der Waals surface area contributed by atoms with E-state index in [-0.39, 0.29) is 6.61 Å². The van der Waals surface area contributed by atoms with Gasteiger partial charge in [-0.3, -0.25) is 0 Å². The van der Waals surface area contributed by atoms with Gasteiger partial charge in [0.05, 0.1) is 0 Å². The number of benzene rings is 1. The molecular formula is C12H16O3. The van der Waals surface area contributed by atoms with Crippen LogP contribution in [0.3, 0.4) is 0 Å². The fourth-order valence-corrected chi connectivity index (χ4v) is 1.64. The summed E-state index contributed by atoms with van der Waals surface area (Å²) in [5, 5.41) is 9.99. The van der Waals surface area contributed by atoms with Gasteiger partial charge >= 0.3 is 0 Å². The minimum Gasteiger partial charge on any atom is -0.483 e. The van der Waals surface area contributed by atoms with Gasteiger partial charge in [0, 0.05) is 6.42 Å². The van der Waals surface area contributed by atoms with Gasteiger partial charge in [-0.15, -0.1) is 0 Å². The first kappa shape index (κ1) is 10.3. The van der Waals surface area contributed by atoms with Crippen molar-refractivity contribution in [2.75, 3.05) is 6.61 Å². The lowest BCUT2D eigenvalue weighted by Crippen LogP contribution is -2.44. The molecule has 3 heteroatoms. The molecule has 0 bridgehead atoms. The highest BCUT2D eigenvalue weighted by Gasteiger charge is 2.35. The number of rotatable bonds is 1. The second-order valence-electron chi connectivity index (χ2n) is 4.05. The molecule has 1 aromatic rings. The van der Waals surface area contributed by atoms with Crippen LogP contribution in [0.15, 0.2) is 12.1 Å². The van der Waals surface area contributed by atoms with Gasteiger partial charge in [0.15, 0.2) is 18.1 Å². The first-order valence-corrected chi connectivity index (χ1v) is 5.20. The maximum absolute atomic E-state index is 9.99. The highest BCUT2D eigenvalue weighted by atomic mass is 16.7. The van der Waals surface area contributed by atoms with Crippen molar-refractivity contribution in [3.63, 3.8) is 0 Å². The van der Waals surface area contributed by atoms with Crippen LogP contribution in [-0.2, 0) is 0 Å². The van der Waals surface area contributed by atoms with Gasteiger partial charge < -0.3 is 14.6 Å². The lowest BCUT2D eigenvalue weighted by molar-refractivity contribution is -0.176. The van der Waals surface area contributed by atoms with E-state index >= 15 is 0 Å². The number of hydrogen-bond acceptors (Lipinski definition) is 3. The Morgan fingerprint density at radius 2 is 1.87 bits per heavy atom. The second-order valence-corrected chi connectivity index (χ2v) is 4.05. The van der Waals surface area contributed by atoms with Crippen LogP contribution in [0.2, 0.25) is 0 Å². The zero-order valence-electron chi connectivity index (χ0n) is 9.33. The number of ether oxygens (including phenoxy) is 2. The lowest BCUT2D eigenvalue weighted by Gasteiger charge is -2.34. The van der Waals surface area contributed by atoms with Crippen LogP contribution in [-0.4, -0.2) is 17.5 Å². The molecule has 1 aromatic carbocycles. The van der Waals surface area contributed by atoms with E-state index in [1.807, 2.05) is 32.9 Å². The molecule has 2 rings (SSSR count). The number of aryl methyl sites for hydroxylation is 2. The summed E-state index contributed by atoms with van der Waals surface area (Å²) in [5.41, 5.74) is 2.02.